The lowest BCUT2D eigenvalue weighted by Gasteiger charge is -2.04. The van der Waals surface area contributed by atoms with Gasteiger partial charge in [-0.1, -0.05) is 0 Å². The number of hydrogen-bond donors (Lipinski definition) is 1. The standard InChI is InChI=1S/C13H11BrO3S2/c14-12-2-1-10(7-11(12)13(15)16)19(17)6-4-9-3-5-18-8-9/h1-3,5,7-8H,4,6H2,(H,15,16). The lowest BCUT2D eigenvalue weighted by Crippen LogP contribution is -2.04. The second-order valence-electron chi connectivity index (χ2n) is 3.88. The molecule has 1 N–H and O–H groups in total. The Kier molecular flexibility index (Phi) is 4.90. The first-order valence-electron chi connectivity index (χ1n) is 5.50. The van der Waals surface area contributed by atoms with Crippen molar-refractivity contribution in [1.82, 2.24) is 0 Å². The van der Waals surface area contributed by atoms with Crippen LogP contribution in [0.1, 0.15) is 15.9 Å². The molecule has 0 saturated carbocycles. The van der Waals surface area contributed by atoms with Crippen molar-refractivity contribution in [1.29, 1.82) is 0 Å². The van der Waals surface area contributed by atoms with E-state index in [1.54, 1.807) is 23.5 Å². The monoisotopic (exact) mass is 358 g/mol. The smallest absolute Gasteiger partial charge is 0.336 e. The third-order valence-electron chi connectivity index (χ3n) is 2.59. The number of carboxylic acids is 1. The van der Waals surface area contributed by atoms with E-state index < -0.39 is 16.8 Å². The van der Waals surface area contributed by atoms with E-state index in [2.05, 4.69) is 15.9 Å². The fourth-order valence-corrected chi connectivity index (χ4v) is 3.82. The van der Waals surface area contributed by atoms with Gasteiger partial charge < -0.3 is 5.11 Å². The largest absolute Gasteiger partial charge is 0.478 e. The molecule has 0 bridgehead atoms. The van der Waals surface area contributed by atoms with Crippen molar-refractivity contribution in [2.45, 2.75) is 11.3 Å². The first kappa shape index (κ1) is 14.4. The molecule has 1 aromatic heterocycles. The first-order valence-corrected chi connectivity index (χ1v) is 8.55. The van der Waals surface area contributed by atoms with Gasteiger partial charge in [0.2, 0.25) is 0 Å². The van der Waals surface area contributed by atoms with Crippen LogP contribution in [0.15, 0.2) is 44.4 Å². The summed E-state index contributed by atoms with van der Waals surface area (Å²) >= 11 is 4.78. The zero-order valence-electron chi connectivity index (χ0n) is 9.84. The van der Waals surface area contributed by atoms with Crippen molar-refractivity contribution in [2.24, 2.45) is 0 Å². The van der Waals surface area contributed by atoms with Crippen LogP contribution in [0.5, 0.6) is 0 Å². The van der Waals surface area contributed by atoms with E-state index in [1.165, 1.54) is 6.07 Å². The predicted molar refractivity (Wildman–Crippen MR) is 80.4 cm³/mol. The van der Waals surface area contributed by atoms with Gasteiger partial charge in [-0.05, 0) is 62.9 Å². The van der Waals surface area contributed by atoms with Crippen LogP contribution in [-0.4, -0.2) is 21.0 Å². The second kappa shape index (κ2) is 6.45. The van der Waals surface area contributed by atoms with Gasteiger partial charge in [0.1, 0.15) is 0 Å². The highest BCUT2D eigenvalue weighted by molar-refractivity contribution is 9.10. The van der Waals surface area contributed by atoms with Crippen molar-refractivity contribution in [3.8, 4) is 0 Å². The van der Waals surface area contributed by atoms with E-state index in [4.69, 9.17) is 5.11 Å². The number of carboxylic acid groups (broad SMARTS) is 1. The van der Waals surface area contributed by atoms with E-state index in [1.807, 2.05) is 16.8 Å². The molecule has 1 heterocycles. The molecule has 1 unspecified atom stereocenters. The average Bonchev–Trinajstić information content (AvgIpc) is 2.89. The average molecular weight is 359 g/mol. The number of carbonyl (C=O) groups is 1. The molecular formula is C13H11BrO3S2. The van der Waals surface area contributed by atoms with Gasteiger partial charge in [0, 0.05) is 15.1 Å². The second-order valence-corrected chi connectivity index (χ2v) is 7.08. The SMILES string of the molecule is O=C(O)c1cc(S(=O)CCc2ccsc2)ccc1Br. The fourth-order valence-electron chi connectivity index (χ4n) is 1.57. The lowest BCUT2D eigenvalue weighted by molar-refractivity contribution is 0.0695. The van der Waals surface area contributed by atoms with Crippen molar-refractivity contribution < 1.29 is 14.1 Å². The maximum atomic E-state index is 12.1. The molecular weight excluding hydrogens is 348 g/mol. The Morgan fingerprint density at radius 1 is 1.37 bits per heavy atom. The molecule has 0 fully saturated rings. The molecule has 0 saturated heterocycles. The summed E-state index contributed by atoms with van der Waals surface area (Å²) in [7, 11) is -1.18. The minimum Gasteiger partial charge on any atom is -0.478 e. The summed E-state index contributed by atoms with van der Waals surface area (Å²) in [5.41, 5.74) is 1.30. The summed E-state index contributed by atoms with van der Waals surface area (Å²) in [5, 5.41) is 13.0. The number of benzene rings is 1. The molecule has 19 heavy (non-hydrogen) atoms. The van der Waals surface area contributed by atoms with Gasteiger partial charge in [0.25, 0.3) is 0 Å². The van der Waals surface area contributed by atoms with Crippen LogP contribution in [0.4, 0.5) is 0 Å². The highest BCUT2D eigenvalue weighted by Crippen LogP contribution is 2.21. The Balaban J connectivity index is 2.11. The summed E-state index contributed by atoms with van der Waals surface area (Å²) in [6.07, 6.45) is 0.731. The zero-order valence-corrected chi connectivity index (χ0v) is 13.1. The Bertz CT molecular complexity index is 608. The summed E-state index contributed by atoms with van der Waals surface area (Å²) in [6.45, 7) is 0. The van der Waals surface area contributed by atoms with Crippen molar-refractivity contribution >= 4 is 44.0 Å². The minimum atomic E-state index is -1.18. The first-order chi connectivity index (χ1) is 9.08. The van der Waals surface area contributed by atoms with Gasteiger partial charge in [-0.3, -0.25) is 4.21 Å². The van der Waals surface area contributed by atoms with Gasteiger partial charge in [-0.2, -0.15) is 11.3 Å². The van der Waals surface area contributed by atoms with Gasteiger partial charge in [-0.15, -0.1) is 0 Å². The predicted octanol–water partition coefficient (Wildman–Crippen LogP) is 3.56. The normalized spacial score (nSPS) is 12.3. The van der Waals surface area contributed by atoms with E-state index in [-0.39, 0.29) is 5.56 Å². The third kappa shape index (κ3) is 3.75. The number of rotatable bonds is 5. The molecule has 2 rings (SSSR count). The summed E-state index contributed by atoms with van der Waals surface area (Å²) in [6, 6.07) is 6.80. The molecule has 1 aromatic carbocycles. The van der Waals surface area contributed by atoms with E-state index >= 15 is 0 Å². The van der Waals surface area contributed by atoms with Crippen LogP contribution in [0.2, 0.25) is 0 Å². The quantitative estimate of drug-likeness (QED) is 0.888. The maximum Gasteiger partial charge on any atom is 0.336 e. The Labute approximate surface area is 125 Å². The van der Waals surface area contributed by atoms with Crippen LogP contribution in [0.25, 0.3) is 0 Å². The van der Waals surface area contributed by atoms with E-state index in [9.17, 15) is 9.00 Å². The van der Waals surface area contributed by atoms with Crippen LogP contribution in [0.3, 0.4) is 0 Å². The van der Waals surface area contributed by atoms with E-state index in [0.29, 0.717) is 15.1 Å². The zero-order chi connectivity index (χ0) is 13.8. The molecule has 2 aromatic rings. The van der Waals surface area contributed by atoms with Crippen molar-refractivity contribution in [2.75, 3.05) is 5.75 Å². The van der Waals surface area contributed by atoms with Crippen LogP contribution < -0.4 is 0 Å². The number of aryl methyl sites for hydroxylation is 1. The topological polar surface area (TPSA) is 54.4 Å². The highest BCUT2D eigenvalue weighted by Gasteiger charge is 2.12. The number of thiophene rings is 1. The number of hydrogen-bond acceptors (Lipinski definition) is 3. The molecule has 0 amide bonds. The molecule has 6 heteroatoms. The summed E-state index contributed by atoms with van der Waals surface area (Å²) < 4.78 is 12.6. The van der Waals surface area contributed by atoms with Crippen molar-refractivity contribution in [3.63, 3.8) is 0 Å². The molecule has 3 nitrogen and oxygen atoms in total. The van der Waals surface area contributed by atoms with Gasteiger partial charge in [0.15, 0.2) is 0 Å². The van der Waals surface area contributed by atoms with Crippen molar-refractivity contribution in [3.05, 3.63) is 50.6 Å². The molecule has 100 valence electrons. The molecule has 0 aliphatic rings. The van der Waals surface area contributed by atoms with Gasteiger partial charge >= 0.3 is 5.97 Å². The summed E-state index contributed by atoms with van der Waals surface area (Å²) in [4.78, 5) is 11.6. The highest BCUT2D eigenvalue weighted by atomic mass is 79.9. The van der Waals surface area contributed by atoms with Crippen LogP contribution in [-0.2, 0) is 17.2 Å². The molecule has 0 spiro atoms. The molecule has 1 atom stereocenters. The maximum absolute atomic E-state index is 12.1. The van der Waals surface area contributed by atoms with E-state index in [0.717, 1.165) is 12.0 Å². The van der Waals surface area contributed by atoms with Crippen LogP contribution in [0, 0.1) is 0 Å². The van der Waals surface area contributed by atoms with Crippen LogP contribution >= 0.6 is 27.3 Å². The summed E-state index contributed by atoms with van der Waals surface area (Å²) in [5.74, 6) is -0.527. The Morgan fingerprint density at radius 2 is 2.16 bits per heavy atom. The Morgan fingerprint density at radius 3 is 2.79 bits per heavy atom. The third-order valence-corrected chi connectivity index (χ3v) is 5.37. The molecule has 0 radical (unpaired) electrons. The lowest BCUT2D eigenvalue weighted by atomic mass is 10.2. The number of halogens is 1. The Hall–Kier alpha value is -0.980. The fraction of sp³-hybridized carbons (Fsp3) is 0.154. The van der Waals surface area contributed by atoms with Gasteiger partial charge in [0.05, 0.1) is 16.4 Å². The molecule has 0 aliphatic carbocycles. The minimum absolute atomic E-state index is 0.140. The number of aromatic carboxylic acids is 1. The molecule has 0 aliphatic heterocycles. The van der Waals surface area contributed by atoms with Gasteiger partial charge in [-0.25, -0.2) is 4.79 Å².